The molecule has 1 heterocycles. The molecule has 4 heteroatoms. The molecule has 3 nitrogen and oxygen atoms in total. The van der Waals surface area contributed by atoms with E-state index in [1.165, 1.54) is 0 Å². The maximum absolute atomic E-state index is 5.22. The summed E-state index contributed by atoms with van der Waals surface area (Å²) in [6, 6.07) is 2.00. The van der Waals surface area contributed by atoms with Crippen LogP contribution in [-0.4, -0.2) is 23.0 Å². The fraction of sp³-hybridized carbons (Fsp3) is 0.625. The van der Waals surface area contributed by atoms with E-state index in [2.05, 4.69) is 27.7 Å². The Hall–Kier alpha value is -0.100. The van der Waals surface area contributed by atoms with Crippen LogP contribution in [0.5, 0.6) is 0 Å². The standard InChI is InChI=1S/C8H13IN2O/c1-2-12-7-3-5-11-6-4-8(9)10-11/h4,6H,2-3,5,7H2,1H3. The van der Waals surface area contributed by atoms with Crippen LogP contribution >= 0.6 is 22.6 Å². The average Bonchev–Trinajstić information content (AvgIpc) is 2.45. The summed E-state index contributed by atoms with van der Waals surface area (Å²) in [4.78, 5) is 0. The van der Waals surface area contributed by atoms with Crippen molar-refractivity contribution in [3.05, 3.63) is 16.0 Å². The first-order chi connectivity index (χ1) is 5.83. The van der Waals surface area contributed by atoms with Crippen LogP contribution in [0.25, 0.3) is 0 Å². The molecule has 0 aromatic carbocycles. The Bertz CT molecular complexity index is 225. The van der Waals surface area contributed by atoms with E-state index >= 15 is 0 Å². The first-order valence-electron chi connectivity index (χ1n) is 4.09. The molecule has 0 aliphatic carbocycles. The second kappa shape index (κ2) is 5.53. The van der Waals surface area contributed by atoms with Gasteiger partial charge in [0.25, 0.3) is 0 Å². The van der Waals surface area contributed by atoms with Gasteiger partial charge in [-0.1, -0.05) is 0 Å². The summed E-state index contributed by atoms with van der Waals surface area (Å²) in [5.74, 6) is 0. The molecule has 0 radical (unpaired) electrons. The van der Waals surface area contributed by atoms with E-state index < -0.39 is 0 Å². The number of rotatable bonds is 5. The van der Waals surface area contributed by atoms with E-state index in [4.69, 9.17) is 4.74 Å². The zero-order valence-electron chi connectivity index (χ0n) is 7.16. The Kier molecular flexibility index (Phi) is 4.60. The van der Waals surface area contributed by atoms with Gasteiger partial charge in [-0.2, -0.15) is 5.10 Å². The lowest BCUT2D eigenvalue weighted by molar-refractivity contribution is 0.141. The lowest BCUT2D eigenvalue weighted by Crippen LogP contribution is -2.03. The van der Waals surface area contributed by atoms with E-state index in [9.17, 15) is 0 Å². The van der Waals surface area contributed by atoms with Crippen molar-refractivity contribution in [2.45, 2.75) is 19.9 Å². The molecule has 1 rings (SSSR count). The fourth-order valence-electron chi connectivity index (χ4n) is 0.934. The molecule has 0 spiro atoms. The molecular weight excluding hydrogens is 267 g/mol. The van der Waals surface area contributed by atoms with Gasteiger partial charge in [0, 0.05) is 26.0 Å². The van der Waals surface area contributed by atoms with Crippen molar-refractivity contribution >= 4 is 22.6 Å². The number of hydrogen-bond donors (Lipinski definition) is 0. The Labute approximate surface area is 86.2 Å². The Morgan fingerprint density at radius 1 is 1.67 bits per heavy atom. The van der Waals surface area contributed by atoms with E-state index in [0.717, 1.165) is 29.9 Å². The van der Waals surface area contributed by atoms with Crippen LogP contribution in [0.3, 0.4) is 0 Å². The molecule has 68 valence electrons. The van der Waals surface area contributed by atoms with Gasteiger partial charge in [0.05, 0.1) is 0 Å². The molecule has 0 atom stereocenters. The first kappa shape index (κ1) is 9.98. The van der Waals surface area contributed by atoms with Crippen molar-refractivity contribution in [3.8, 4) is 0 Å². The topological polar surface area (TPSA) is 27.1 Å². The van der Waals surface area contributed by atoms with E-state index in [-0.39, 0.29) is 0 Å². The number of halogens is 1. The minimum atomic E-state index is 0.802. The maximum Gasteiger partial charge on any atom is 0.123 e. The summed E-state index contributed by atoms with van der Waals surface area (Å²) in [5.41, 5.74) is 0. The number of hydrogen-bond acceptors (Lipinski definition) is 2. The van der Waals surface area contributed by atoms with Gasteiger partial charge in [-0.05, 0) is 42.0 Å². The second-order valence-corrected chi connectivity index (χ2v) is 3.56. The SMILES string of the molecule is CCOCCCn1ccc(I)n1. The van der Waals surface area contributed by atoms with Gasteiger partial charge in [0.15, 0.2) is 0 Å². The van der Waals surface area contributed by atoms with E-state index in [1.54, 1.807) is 0 Å². The quantitative estimate of drug-likeness (QED) is 0.608. The van der Waals surface area contributed by atoms with Crippen LogP contribution in [-0.2, 0) is 11.3 Å². The van der Waals surface area contributed by atoms with Crippen LogP contribution < -0.4 is 0 Å². The molecule has 1 aromatic heterocycles. The van der Waals surface area contributed by atoms with Crippen molar-refractivity contribution in [1.29, 1.82) is 0 Å². The van der Waals surface area contributed by atoms with E-state index in [0.29, 0.717) is 0 Å². The normalized spacial score (nSPS) is 10.5. The highest BCUT2D eigenvalue weighted by Crippen LogP contribution is 1.99. The Morgan fingerprint density at radius 2 is 2.50 bits per heavy atom. The van der Waals surface area contributed by atoms with Crippen LogP contribution in [0.15, 0.2) is 12.3 Å². The molecule has 0 N–H and O–H groups in total. The molecule has 0 aliphatic heterocycles. The molecule has 1 aromatic rings. The molecule has 0 bridgehead atoms. The smallest absolute Gasteiger partial charge is 0.123 e. The van der Waals surface area contributed by atoms with Gasteiger partial charge in [-0.3, -0.25) is 4.68 Å². The average molecular weight is 280 g/mol. The monoisotopic (exact) mass is 280 g/mol. The van der Waals surface area contributed by atoms with Crippen molar-refractivity contribution < 1.29 is 4.74 Å². The zero-order valence-corrected chi connectivity index (χ0v) is 9.32. The highest BCUT2D eigenvalue weighted by Gasteiger charge is 1.93. The minimum absolute atomic E-state index is 0.802. The first-order valence-corrected chi connectivity index (χ1v) is 5.17. The van der Waals surface area contributed by atoms with Crippen LogP contribution in [0.4, 0.5) is 0 Å². The van der Waals surface area contributed by atoms with Crippen molar-refractivity contribution in [3.63, 3.8) is 0 Å². The summed E-state index contributed by atoms with van der Waals surface area (Å²) in [7, 11) is 0. The van der Waals surface area contributed by atoms with Crippen molar-refractivity contribution in [2.24, 2.45) is 0 Å². The highest BCUT2D eigenvalue weighted by atomic mass is 127. The molecule has 0 fully saturated rings. The van der Waals surface area contributed by atoms with Gasteiger partial charge in [-0.15, -0.1) is 0 Å². The molecule has 0 unspecified atom stereocenters. The molecular formula is C8H13IN2O. The number of ether oxygens (including phenoxy) is 1. The molecule has 12 heavy (non-hydrogen) atoms. The number of aryl methyl sites for hydroxylation is 1. The minimum Gasteiger partial charge on any atom is -0.382 e. The largest absolute Gasteiger partial charge is 0.382 e. The summed E-state index contributed by atoms with van der Waals surface area (Å²) in [6.07, 6.45) is 3.03. The number of nitrogens with zero attached hydrogens (tertiary/aromatic N) is 2. The van der Waals surface area contributed by atoms with E-state index in [1.807, 2.05) is 23.9 Å². The lowest BCUT2D eigenvalue weighted by Gasteiger charge is -2.01. The van der Waals surface area contributed by atoms with Gasteiger partial charge >= 0.3 is 0 Å². The van der Waals surface area contributed by atoms with Crippen molar-refractivity contribution in [1.82, 2.24) is 9.78 Å². The fourth-order valence-corrected chi connectivity index (χ4v) is 1.37. The van der Waals surface area contributed by atoms with Gasteiger partial charge in [-0.25, -0.2) is 0 Å². The lowest BCUT2D eigenvalue weighted by atomic mass is 10.4. The molecule has 0 amide bonds. The Balaban J connectivity index is 2.15. The Morgan fingerprint density at radius 3 is 3.08 bits per heavy atom. The van der Waals surface area contributed by atoms with Gasteiger partial charge < -0.3 is 4.74 Å². The predicted molar refractivity (Wildman–Crippen MR) is 56.1 cm³/mol. The summed E-state index contributed by atoms with van der Waals surface area (Å²) in [6.45, 7) is 4.59. The third kappa shape index (κ3) is 3.53. The third-order valence-electron chi connectivity index (χ3n) is 1.49. The predicted octanol–water partition coefficient (Wildman–Crippen LogP) is 1.91. The van der Waals surface area contributed by atoms with Crippen LogP contribution in [0.1, 0.15) is 13.3 Å². The molecule has 0 saturated heterocycles. The zero-order chi connectivity index (χ0) is 8.81. The maximum atomic E-state index is 5.22. The summed E-state index contributed by atoms with van der Waals surface area (Å²) in [5, 5.41) is 4.26. The highest BCUT2D eigenvalue weighted by molar-refractivity contribution is 14.1. The van der Waals surface area contributed by atoms with Crippen molar-refractivity contribution in [2.75, 3.05) is 13.2 Å². The number of aromatic nitrogens is 2. The molecule has 0 saturated carbocycles. The van der Waals surface area contributed by atoms with Gasteiger partial charge in [0.2, 0.25) is 0 Å². The van der Waals surface area contributed by atoms with Crippen LogP contribution in [0, 0.1) is 3.70 Å². The molecule has 0 aliphatic rings. The third-order valence-corrected chi connectivity index (χ3v) is 2.06. The summed E-state index contributed by atoms with van der Waals surface area (Å²) < 4.78 is 8.21. The second-order valence-electron chi connectivity index (χ2n) is 2.45. The summed E-state index contributed by atoms with van der Waals surface area (Å²) >= 11 is 2.21. The van der Waals surface area contributed by atoms with Gasteiger partial charge in [0.1, 0.15) is 3.70 Å². The van der Waals surface area contributed by atoms with Crippen LogP contribution in [0.2, 0.25) is 0 Å².